The van der Waals surface area contributed by atoms with Gasteiger partial charge in [-0.3, -0.25) is 9.78 Å². The van der Waals surface area contributed by atoms with E-state index in [1.54, 1.807) is 29.9 Å². The summed E-state index contributed by atoms with van der Waals surface area (Å²) in [6.45, 7) is 5.58. The van der Waals surface area contributed by atoms with Crippen molar-refractivity contribution in [2.24, 2.45) is 0 Å². The molecule has 0 aliphatic carbocycles. The maximum absolute atomic E-state index is 12.3. The fourth-order valence-corrected chi connectivity index (χ4v) is 3.68. The standard InChI is InChI=1S/C17H22N4O2S/c1-12(2)14-7-13(9-24-14)16(22)20-10-17(23)3-6-21(11-17)15-8-18-4-5-19-15/h4-5,7-9,12,23H,3,6,10-11H2,1-2H3,(H,20,22)/t17-/m0/s1. The molecule has 0 radical (unpaired) electrons. The van der Waals surface area contributed by atoms with Gasteiger partial charge in [0.15, 0.2) is 0 Å². The van der Waals surface area contributed by atoms with Crippen LogP contribution in [-0.2, 0) is 0 Å². The van der Waals surface area contributed by atoms with E-state index in [4.69, 9.17) is 0 Å². The van der Waals surface area contributed by atoms with Crippen molar-refractivity contribution in [1.29, 1.82) is 0 Å². The molecule has 3 rings (SSSR count). The normalized spacial score (nSPS) is 20.6. The average Bonchev–Trinajstić information content (AvgIpc) is 3.21. The Bertz CT molecular complexity index is 704. The zero-order chi connectivity index (χ0) is 17.2. The van der Waals surface area contributed by atoms with Crippen LogP contribution in [0, 0.1) is 0 Å². The van der Waals surface area contributed by atoms with Crippen molar-refractivity contribution in [3.8, 4) is 0 Å². The quantitative estimate of drug-likeness (QED) is 0.866. The molecule has 7 heteroatoms. The fraction of sp³-hybridized carbons (Fsp3) is 0.471. The zero-order valence-electron chi connectivity index (χ0n) is 13.9. The van der Waals surface area contributed by atoms with Crippen LogP contribution in [0.2, 0.25) is 0 Å². The summed E-state index contributed by atoms with van der Waals surface area (Å²) in [4.78, 5) is 23.8. The summed E-state index contributed by atoms with van der Waals surface area (Å²) in [5, 5.41) is 15.4. The van der Waals surface area contributed by atoms with Gasteiger partial charge in [0, 0.05) is 42.3 Å². The van der Waals surface area contributed by atoms with E-state index in [0.717, 1.165) is 5.82 Å². The van der Waals surface area contributed by atoms with Crippen LogP contribution in [0.1, 0.15) is 41.4 Å². The molecular formula is C17H22N4O2S. The van der Waals surface area contributed by atoms with Gasteiger partial charge in [0.25, 0.3) is 5.91 Å². The second-order valence-electron chi connectivity index (χ2n) is 6.53. The highest BCUT2D eigenvalue weighted by Crippen LogP contribution is 2.25. The molecule has 0 saturated carbocycles. The lowest BCUT2D eigenvalue weighted by Gasteiger charge is -2.24. The van der Waals surface area contributed by atoms with Gasteiger partial charge < -0.3 is 15.3 Å². The monoisotopic (exact) mass is 346 g/mol. The average molecular weight is 346 g/mol. The zero-order valence-corrected chi connectivity index (χ0v) is 14.7. The van der Waals surface area contributed by atoms with Crippen molar-refractivity contribution in [2.75, 3.05) is 24.5 Å². The van der Waals surface area contributed by atoms with E-state index in [1.807, 2.05) is 16.3 Å². The number of aliphatic hydroxyl groups is 1. The molecule has 1 aliphatic rings. The molecule has 2 N–H and O–H groups in total. The summed E-state index contributed by atoms with van der Waals surface area (Å²) in [7, 11) is 0. The molecule has 1 atom stereocenters. The summed E-state index contributed by atoms with van der Waals surface area (Å²) in [6.07, 6.45) is 5.53. The molecular weight excluding hydrogens is 324 g/mol. The number of nitrogens with zero attached hydrogens (tertiary/aromatic N) is 3. The van der Waals surface area contributed by atoms with Crippen LogP contribution >= 0.6 is 11.3 Å². The van der Waals surface area contributed by atoms with Crippen LogP contribution in [0.4, 0.5) is 5.82 Å². The van der Waals surface area contributed by atoms with Crippen molar-refractivity contribution in [2.45, 2.75) is 31.8 Å². The van der Waals surface area contributed by atoms with Gasteiger partial charge in [0.2, 0.25) is 0 Å². The number of hydrogen-bond donors (Lipinski definition) is 2. The Morgan fingerprint density at radius 3 is 3.00 bits per heavy atom. The Balaban J connectivity index is 1.57. The third-order valence-corrected chi connectivity index (χ3v) is 5.47. The lowest BCUT2D eigenvalue weighted by atomic mass is 10.0. The predicted octanol–water partition coefficient (Wildman–Crippen LogP) is 2.03. The molecule has 24 heavy (non-hydrogen) atoms. The highest BCUT2D eigenvalue weighted by molar-refractivity contribution is 7.10. The number of carbonyl (C=O) groups is 1. The van der Waals surface area contributed by atoms with Crippen molar-refractivity contribution >= 4 is 23.1 Å². The Labute approximate surface area is 145 Å². The lowest BCUT2D eigenvalue weighted by Crippen LogP contribution is -2.45. The molecule has 3 heterocycles. The van der Waals surface area contributed by atoms with E-state index in [-0.39, 0.29) is 12.5 Å². The van der Waals surface area contributed by atoms with E-state index < -0.39 is 5.60 Å². The van der Waals surface area contributed by atoms with Gasteiger partial charge in [-0.05, 0) is 18.4 Å². The topological polar surface area (TPSA) is 78.4 Å². The smallest absolute Gasteiger partial charge is 0.252 e. The fourth-order valence-electron chi connectivity index (χ4n) is 2.77. The van der Waals surface area contributed by atoms with E-state index in [2.05, 4.69) is 29.1 Å². The highest BCUT2D eigenvalue weighted by atomic mass is 32.1. The molecule has 2 aromatic heterocycles. The second-order valence-corrected chi connectivity index (χ2v) is 7.48. The minimum absolute atomic E-state index is 0.135. The highest BCUT2D eigenvalue weighted by Gasteiger charge is 2.37. The van der Waals surface area contributed by atoms with Crippen molar-refractivity contribution in [3.05, 3.63) is 40.5 Å². The molecule has 1 aliphatic heterocycles. The Morgan fingerprint density at radius 1 is 1.50 bits per heavy atom. The predicted molar refractivity (Wildman–Crippen MR) is 94.6 cm³/mol. The van der Waals surface area contributed by atoms with Gasteiger partial charge in [-0.15, -0.1) is 11.3 Å². The third-order valence-electron chi connectivity index (χ3n) is 4.23. The molecule has 1 fully saturated rings. The maximum atomic E-state index is 12.3. The molecule has 1 saturated heterocycles. The van der Waals surface area contributed by atoms with Crippen LogP contribution < -0.4 is 10.2 Å². The second kappa shape index (κ2) is 6.86. The van der Waals surface area contributed by atoms with Crippen molar-refractivity contribution < 1.29 is 9.90 Å². The Hall–Kier alpha value is -1.99. The largest absolute Gasteiger partial charge is 0.386 e. The first kappa shape index (κ1) is 16.9. The molecule has 128 valence electrons. The van der Waals surface area contributed by atoms with Gasteiger partial charge >= 0.3 is 0 Å². The number of amides is 1. The number of β-amino-alcohol motifs (C(OH)–C–C–N with tert-alkyl or cyclic N) is 1. The number of hydrogen-bond acceptors (Lipinski definition) is 6. The first-order valence-electron chi connectivity index (χ1n) is 8.07. The molecule has 0 spiro atoms. The van der Waals surface area contributed by atoms with E-state index in [9.17, 15) is 9.90 Å². The van der Waals surface area contributed by atoms with E-state index in [1.165, 1.54) is 4.88 Å². The van der Waals surface area contributed by atoms with Crippen LogP contribution in [0.25, 0.3) is 0 Å². The number of carbonyl (C=O) groups excluding carboxylic acids is 1. The number of rotatable bonds is 5. The summed E-state index contributed by atoms with van der Waals surface area (Å²) >= 11 is 1.59. The van der Waals surface area contributed by atoms with Gasteiger partial charge in [0.1, 0.15) is 11.4 Å². The minimum Gasteiger partial charge on any atom is -0.386 e. The number of nitrogens with one attached hydrogen (secondary N) is 1. The Morgan fingerprint density at radius 2 is 2.33 bits per heavy atom. The first-order valence-corrected chi connectivity index (χ1v) is 8.95. The van der Waals surface area contributed by atoms with E-state index in [0.29, 0.717) is 31.0 Å². The van der Waals surface area contributed by atoms with Crippen molar-refractivity contribution in [3.63, 3.8) is 0 Å². The van der Waals surface area contributed by atoms with Gasteiger partial charge in [-0.2, -0.15) is 0 Å². The molecule has 6 nitrogen and oxygen atoms in total. The van der Waals surface area contributed by atoms with Crippen LogP contribution in [0.3, 0.4) is 0 Å². The molecule has 1 amide bonds. The summed E-state index contributed by atoms with van der Waals surface area (Å²) < 4.78 is 0. The summed E-state index contributed by atoms with van der Waals surface area (Å²) in [5.74, 6) is 1.03. The molecule has 2 aromatic rings. The molecule has 0 unspecified atom stereocenters. The Kier molecular flexibility index (Phi) is 4.82. The van der Waals surface area contributed by atoms with Crippen LogP contribution in [-0.4, -0.2) is 46.2 Å². The molecule has 0 aromatic carbocycles. The SMILES string of the molecule is CC(C)c1cc(C(=O)NC[C@@]2(O)CCN(c3cnccn3)C2)cs1. The lowest BCUT2D eigenvalue weighted by molar-refractivity contribution is 0.0576. The van der Waals surface area contributed by atoms with Gasteiger partial charge in [-0.25, -0.2) is 4.98 Å². The summed E-state index contributed by atoms with van der Waals surface area (Å²) in [6, 6.07) is 1.93. The first-order chi connectivity index (χ1) is 11.5. The minimum atomic E-state index is -0.940. The summed E-state index contributed by atoms with van der Waals surface area (Å²) in [5.41, 5.74) is -0.277. The van der Waals surface area contributed by atoms with E-state index >= 15 is 0 Å². The molecule has 0 bridgehead atoms. The number of thiophene rings is 1. The van der Waals surface area contributed by atoms with Gasteiger partial charge in [-0.1, -0.05) is 13.8 Å². The number of anilines is 1. The van der Waals surface area contributed by atoms with Crippen LogP contribution in [0.15, 0.2) is 30.0 Å². The van der Waals surface area contributed by atoms with Gasteiger partial charge in [0.05, 0.1) is 11.8 Å². The van der Waals surface area contributed by atoms with Crippen molar-refractivity contribution in [1.82, 2.24) is 15.3 Å². The third kappa shape index (κ3) is 3.73. The van der Waals surface area contributed by atoms with Crippen LogP contribution in [0.5, 0.6) is 0 Å². The number of aromatic nitrogens is 2. The maximum Gasteiger partial charge on any atom is 0.252 e.